The number of carbonyl (C=O) groups is 4. The van der Waals surface area contributed by atoms with Gasteiger partial charge >= 0.3 is 0 Å². The molecule has 2 aliphatic carbocycles. The van der Waals surface area contributed by atoms with Crippen LogP contribution in [-0.2, 0) is 9.59 Å². The number of amides is 3. The molecule has 192 valence electrons. The lowest BCUT2D eigenvalue weighted by atomic mass is 9.81. The third-order valence-corrected chi connectivity index (χ3v) is 11.0. The molecule has 0 spiro atoms. The molecule has 2 saturated carbocycles. The number of ketones is 1. The fourth-order valence-corrected chi connectivity index (χ4v) is 7.79. The molecule has 0 unspecified atom stereocenters. The van der Waals surface area contributed by atoms with Crippen LogP contribution >= 0.6 is 31.9 Å². The average molecular weight is 633 g/mol. The van der Waals surface area contributed by atoms with Crippen LogP contribution in [0.2, 0.25) is 0 Å². The van der Waals surface area contributed by atoms with Crippen LogP contribution in [0.25, 0.3) is 0 Å². The number of fused-ring (bicyclic) bond motifs is 5. The van der Waals surface area contributed by atoms with E-state index in [2.05, 4.69) is 31.9 Å². The Bertz CT molecular complexity index is 1280. The second kappa shape index (κ2) is 9.43. The molecule has 1 saturated heterocycles. The van der Waals surface area contributed by atoms with E-state index in [0.717, 1.165) is 22.0 Å². The Morgan fingerprint density at radius 2 is 1.43 bits per heavy atom. The second-order valence-electron chi connectivity index (χ2n) is 9.85. The molecular formula is C26H23Br2N3O6. The van der Waals surface area contributed by atoms with Gasteiger partial charge in [-0.2, -0.15) is 5.01 Å². The highest BCUT2D eigenvalue weighted by Crippen LogP contribution is 2.60. The minimum Gasteiger partial charge on any atom is -0.292 e. The third kappa shape index (κ3) is 4.03. The molecule has 37 heavy (non-hydrogen) atoms. The van der Waals surface area contributed by atoms with E-state index in [-0.39, 0.29) is 32.7 Å². The number of benzene rings is 2. The van der Waals surface area contributed by atoms with Gasteiger partial charge in [0.15, 0.2) is 5.78 Å². The van der Waals surface area contributed by atoms with Gasteiger partial charge in [0.25, 0.3) is 23.4 Å². The van der Waals surface area contributed by atoms with E-state index in [9.17, 15) is 29.3 Å². The van der Waals surface area contributed by atoms with Crippen molar-refractivity contribution in [1.82, 2.24) is 10.0 Å². The first-order valence-electron chi connectivity index (χ1n) is 11.9. The summed E-state index contributed by atoms with van der Waals surface area (Å²) in [6.07, 6.45) is 0.723. The van der Waals surface area contributed by atoms with Gasteiger partial charge in [-0.05, 0) is 44.2 Å². The summed E-state index contributed by atoms with van der Waals surface area (Å²) in [5, 5.41) is 12.9. The van der Waals surface area contributed by atoms with E-state index >= 15 is 0 Å². The monoisotopic (exact) mass is 631 g/mol. The van der Waals surface area contributed by atoms with Gasteiger partial charge in [-0.1, -0.05) is 61.7 Å². The van der Waals surface area contributed by atoms with E-state index < -0.39 is 46.3 Å². The molecule has 2 aromatic carbocycles. The number of alkyl halides is 2. The number of nitro benzene ring substituents is 1. The number of nitro groups is 1. The SMILES string of the molecule is Cc1ccc(C(=O)[C@H](C)N(C(=O)c2ccc([N+](=O)[O-])cc2)N2C(=O)[C@@H]3[C@H]4C[C@@H]([C@@H](Br)[C@H]4Br)[C@H]3C2=O)cc1. The molecule has 5 rings (SSSR count). The molecule has 2 aromatic rings. The predicted octanol–water partition coefficient (Wildman–Crippen LogP) is 4.31. The van der Waals surface area contributed by atoms with Crippen LogP contribution < -0.4 is 0 Å². The Balaban J connectivity index is 1.54. The zero-order valence-electron chi connectivity index (χ0n) is 19.9. The van der Waals surface area contributed by atoms with Crippen molar-refractivity contribution < 1.29 is 24.1 Å². The lowest BCUT2D eigenvalue weighted by molar-refractivity contribution is -0.384. The van der Waals surface area contributed by atoms with Crippen molar-refractivity contribution in [2.45, 2.75) is 36.0 Å². The maximum Gasteiger partial charge on any atom is 0.273 e. The van der Waals surface area contributed by atoms with Gasteiger partial charge in [0.2, 0.25) is 0 Å². The first-order valence-corrected chi connectivity index (χ1v) is 13.7. The smallest absolute Gasteiger partial charge is 0.273 e. The zero-order valence-corrected chi connectivity index (χ0v) is 23.1. The molecule has 11 heteroatoms. The lowest BCUT2D eigenvalue weighted by Gasteiger charge is -2.35. The fraction of sp³-hybridized carbons (Fsp3) is 0.385. The maximum atomic E-state index is 13.8. The van der Waals surface area contributed by atoms with Gasteiger partial charge in [0.1, 0.15) is 6.04 Å². The number of hydrogen-bond acceptors (Lipinski definition) is 6. The Labute approximate surface area is 229 Å². The van der Waals surface area contributed by atoms with E-state index in [0.29, 0.717) is 5.56 Å². The first kappa shape index (κ1) is 25.7. The summed E-state index contributed by atoms with van der Waals surface area (Å²) < 4.78 is 0. The number of hydrogen-bond donors (Lipinski definition) is 0. The molecule has 0 radical (unpaired) electrons. The number of imide groups is 1. The average Bonchev–Trinajstić information content (AvgIpc) is 3.50. The van der Waals surface area contributed by atoms with Crippen molar-refractivity contribution in [3.63, 3.8) is 0 Å². The summed E-state index contributed by atoms with van der Waals surface area (Å²) in [7, 11) is 0. The summed E-state index contributed by atoms with van der Waals surface area (Å²) in [4.78, 5) is 65.3. The Kier molecular flexibility index (Phi) is 6.56. The van der Waals surface area contributed by atoms with Crippen LogP contribution in [0.1, 0.15) is 39.6 Å². The highest BCUT2D eigenvalue weighted by atomic mass is 79.9. The molecule has 3 fully saturated rings. The number of rotatable bonds is 6. The molecule has 0 N–H and O–H groups in total. The number of aryl methyl sites for hydroxylation is 1. The van der Waals surface area contributed by atoms with E-state index in [1.54, 1.807) is 24.3 Å². The van der Waals surface area contributed by atoms with Gasteiger partial charge in [0.05, 0.1) is 16.8 Å². The topological polar surface area (TPSA) is 118 Å². The molecule has 7 atom stereocenters. The van der Waals surface area contributed by atoms with Crippen LogP contribution in [0.4, 0.5) is 5.69 Å². The minimum atomic E-state index is -1.19. The standard InChI is InChI=1S/C26H23Br2N3O6/c1-12-3-5-14(6-4-12)23(32)13(2)29(24(33)15-7-9-16(10-8-15)31(36)37)30-25(34)19-17-11-18(20(19)26(30)35)22(28)21(17)27/h3-10,13,17-22H,11H2,1-2H3/t13-,17+,18+,19+,20+,21-,22+/m0/s1. The number of nitrogens with zero attached hydrogens (tertiary/aromatic N) is 3. The molecule has 1 heterocycles. The second-order valence-corrected chi connectivity index (χ2v) is 12.0. The third-order valence-electron chi connectivity index (χ3n) is 7.79. The van der Waals surface area contributed by atoms with Crippen LogP contribution in [0, 0.1) is 40.7 Å². The van der Waals surface area contributed by atoms with Crippen molar-refractivity contribution in [2.75, 3.05) is 0 Å². The molecule has 1 aliphatic heterocycles. The fourth-order valence-electron chi connectivity index (χ4n) is 5.91. The molecule has 9 nitrogen and oxygen atoms in total. The number of Topliss-reactive ketones (excluding diaryl/α,β-unsaturated/α-hetero) is 1. The lowest BCUT2D eigenvalue weighted by Crippen LogP contribution is -2.56. The number of halogens is 2. The number of non-ortho nitro benzene ring substituents is 1. The van der Waals surface area contributed by atoms with Crippen LogP contribution in [0.3, 0.4) is 0 Å². The van der Waals surface area contributed by atoms with Crippen LogP contribution in [0.5, 0.6) is 0 Å². The largest absolute Gasteiger partial charge is 0.292 e. The first-order chi connectivity index (χ1) is 17.5. The normalized spacial score (nSPS) is 28.8. The molecule has 0 aromatic heterocycles. The van der Waals surface area contributed by atoms with Crippen molar-refractivity contribution >= 4 is 61.1 Å². The summed E-state index contributed by atoms with van der Waals surface area (Å²) in [5.74, 6) is -3.49. The summed E-state index contributed by atoms with van der Waals surface area (Å²) in [6.45, 7) is 3.36. The van der Waals surface area contributed by atoms with Crippen LogP contribution in [-0.4, -0.2) is 54.1 Å². The number of hydrazine groups is 1. The van der Waals surface area contributed by atoms with Crippen molar-refractivity contribution in [1.29, 1.82) is 0 Å². The van der Waals surface area contributed by atoms with Gasteiger partial charge < -0.3 is 0 Å². The van der Waals surface area contributed by atoms with Crippen molar-refractivity contribution in [2.24, 2.45) is 23.7 Å². The quantitative estimate of drug-likeness (QED) is 0.154. The van der Waals surface area contributed by atoms with E-state index in [1.165, 1.54) is 31.2 Å². The van der Waals surface area contributed by atoms with Crippen molar-refractivity contribution in [3.8, 4) is 0 Å². The molecule has 3 aliphatic rings. The molecular weight excluding hydrogens is 610 g/mol. The maximum absolute atomic E-state index is 13.8. The highest BCUT2D eigenvalue weighted by Gasteiger charge is 2.68. The minimum absolute atomic E-state index is 0.0147. The van der Waals surface area contributed by atoms with Crippen molar-refractivity contribution in [3.05, 3.63) is 75.3 Å². The highest BCUT2D eigenvalue weighted by molar-refractivity contribution is 9.12. The summed E-state index contributed by atoms with van der Waals surface area (Å²) >= 11 is 7.31. The Morgan fingerprint density at radius 3 is 1.92 bits per heavy atom. The Hall–Kier alpha value is -2.92. The predicted molar refractivity (Wildman–Crippen MR) is 140 cm³/mol. The molecule has 2 bridgehead atoms. The Morgan fingerprint density at radius 1 is 0.946 bits per heavy atom. The van der Waals surface area contributed by atoms with Gasteiger partial charge in [-0.15, -0.1) is 0 Å². The van der Waals surface area contributed by atoms with Gasteiger partial charge in [0, 0.05) is 32.9 Å². The van der Waals surface area contributed by atoms with Crippen LogP contribution in [0.15, 0.2) is 48.5 Å². The van der Waals surface area contributed by atoms with Gasteiger partial charge in [-0.3, -0.25) is 29.3 Å². The number of carbonyl (C=O) groups excluding carboxylic acids is 4. The molecule has 3 amide bonds. The van der Waals surface area contributed by atoms with E-state index in [4.69, 9.17) is 0 Å². The summed E-state index contributed by atoms with van der Waals surface area (Å²) in [5.41, 5.74) is 1.09. The zero-order chi connectivity index (χ0) is 26.8. The summed E-state index contributed by atoms with van der Waals surface area (Å²) in [6, 6.07) is 10.5. The van der Waals surface area contributed by atoms with Gasteiger partial charge in [-0.25, -0.2) is 5.01 Å². The van der Waals surface area contributed by atoms with E-state index in [1.807, 2.05) is 6.92 Å².